The third-order valence-corrected chi connectivity index (χ3v) is 4.71. The van der Waals surface area contributed by atoms with Crippen LogP contribution in [-0.2, 0) is 0 Å². The van der Waals surface area contributed by atoms with Gasteiger partial charge in [0.15, 0.2) is 0 Å². The molecule has 0 bridgehead atoms. The maximum atomic E-state index is 12.4. The van der Waals surface area contributed by atoms with Crippen LogP contribution < -0.4 is 0 Å². The second kappa shape index (κ2) is 8.11. The lowest BCUT2D eigenvalue weighted by Gasteiger charge is -2.32. The molecule has 1 amide bonds. The molecule has 0 spiro atoms. The van der Waals surface area contributed by atoms with Gasteiger partial charge in [0, 0.05) is 31.7 Å². The molecule has 1 N–H and O–H groups in total. The van der Waals surface area contributed by atoms with E-state index in [1.165, 1.54) is 44.2 Å². The second-order valence-corrected chi connectivity index (χ2v) is 6.38. The number of likely N-dealkylation sites (N-methyl/N-ethyl adjacent to an activating group) is 2. The van der Waals surface area contributed by atoms with Gasteiger partial charge in [-0.2, -0.15) is 0 Å². The lowest BCUT2D eigenvalue weighted by molar-refractivity contribution is 0.0694. The standard InChI is InChI=1S/C18H26N2O3/c1-19(16-6-4-3-5-7-16)12-13-20(2)17(21)14-8-10-15(11-9-14)18(22)23/h8-11,16H,3-7,12-13H2,1-2H3,(H,22,23). The van der Waals surface area contributed by atoms with E-state index in [9.17, 15) is 9.59 Å². The fourth-order valence-corrected chi connectivity index (χ4v) is 3.09. The summed E-state index contributed by atoms with van der Waals surface area (Å²) >= 11 is 0. The molecule has 1 fully saturated rings. The molecule has 1 aliphatic rings. The van der Waals surface area contributed by atoms with Crippen molar-refractivity contribution in [1.29, 1.82) is 0 Å². The van der Waals surface area contributed by atoms with Crippen LogP contribution in [0.4, 0.5) is 0 Å². The quantitative estimate of drug-likeness (QED) is 0.876. The lowest BCUT2D eigenvalue weighted by atomic mass is 9.94. The van der Waals surface area contributed by atoms with Gasteiger partial charge in [-0.05, 0) is 44.2 Å². The molecule has 1 aromatic carbocycles. The van der Waals surface area contributed by atoms with Crippen molar-refractivity contribution in [3.63, 3.8) is 0 Å². The molecule has 5 heteroatoms. The predicted octanol–water partition coefficient (Wildman–Crippen LogP) is 2.72. The maximum absolute atomic E-state index is 12.4. The number of hydrogen-bond donors (Lipinski definition) is 1. The van der Waals surface area contributed by atoms with Crippen LogP contribution in [0.2, 0.25) is 0 Å². The third-order valence-electron chi connectivity index (χ3n) is 4.71. The van der Waals surface area contributed by atoms with Gasteiger partial charge in [-0.25, -0.2) is 4.79 Å². The summed E-state index contributed by atoms with van der Waals surface area (Å²) in [6.07, 6.45) is 6.46. The highest BCUT2D eigenvalue weighted by Gasteiger charge is 2.19. The van der Waals surface area contributed by atoms with E-state index >= 15 is 0 Å². The molecule has 5 nitrogen and oxygen atoms in total. The number of aromatic carboxylic acids is 1. The highest BCUT2D eigenvalue weighted by Crippen LogP contribution is 2.21. The number of amides is 1. The van der Waals surface area contributed by atoms with E-state index < -0.39 is 5.97 Å². The zero-order chi connectivity index (χ0) is 16.8. The third kappa shape index (κ3) is 4.79. The van der Waals surface area contributed by atoms with Gasteiger partial charge in [0.2, 0.25) is 0 Å². The molecule has 0 aromatic heterocycles. The van der Waals surface area contributed by atoms with Crippen molar-refractivity contribution >= 4 is 11.9 Å². The monoisotopic (exact) mass is 318 g/mol. The molecule has 0 radical (unpaired) electrons. The first-order valence-corrected chi connectivity index (χ1v) is 8.28. The fraction of sp³-hybridized carbons (Fsp3) is 0.556. The van der Waals surface area contributed by atoms with Crippen LogP contribution in [0.3, 0.4) is 0 Å². The van der Waals surface area contributed by atoms with Crippen LogP contribution in [-0.4, -0.2) is 60.0 Å². The van der Waals surface area contributed by atoms with E-state index in [0.717, 1.165) is 6.54 Å². The van der Waals surface area contributed by atoms with Crippen LogP contribution in [0.25, 0.3) is 0 Å². The minimum atomic E-state index is -0.980. The Balaban J connectivity index is 1.85. The van der Waals surface area contributed by atoms with Crippen molar-refractivity contribution < 1.29 is 14.7 Å². The average Bonchev–Trinajstić information content (AvgIpc) is 2.59. The van der Waals surface area contributed by atoms with Gasteiger partial charge >= 0.3 is 5.97 Å². The normalized spacial score (nSPS) is 15.6. The molecule has 0 aliphatic heterocycles. The van der Waals surface area contributed by atoms with Crippen LogP contribution in [0, 0.1) is 0 Å². The number of benzene rings is 1. The molecule has 1 saturated carbocycles. The zero-order valence-electron chi connectivity index (χ0n) is 14.0. The molecule has 126 valence electrons. The molecular weight excluding hydrogens is 292 g/mol. The molecule has 0 unspecified atom stereocenters. The Labute approximate surface area is 137 Å². The number of carboxylic acids is 1. The van der Waals surface area contributed by atoms with Gasteiger partial charge in [0.05, 0.1) is 5.56 Å². The summed E-state index contributed by atoms with van der Waals surface area (Å²) in [6, 6.07) is 6.73. The van der Waals surface area contributed by atoms with Gasteiger partial charge in [-0.15, -0.1) is 0 Å². The van der Waals surface area contributed by atoms with Crippen molar-refractivity contribution in [3.8, 4) is 0 Å². The molecule has 0 atom stereocenters. The van der Waals surface area contributed by atoms with E-state index in [0.29, 0.717) is 18.2 Å². The van der Waals surface area contributed by atoms with E-state index in [1.54, 1.807) is 24.1 Å². The molecule has 1 aromatic rings. The van der Waals surface area contributed by atoms with Crippen LogP contribution >= 0.6 is 0 Å². The SMILES string of the molecule is CN(CCN(C)C1CCCCC1)C(=O)c1ccc(C(=O)O)cc1. The predicted molar refractivity (Wildman–Crippen MR) is 89.9 cm³/mol. The van der Waals surface area contributed by atoms with Crippen LogP contribution in [0.1, 0.15) is 52.8 Å². The topological polar surface area (TPSA) is 60.9 Å². The highest BCUT2D eigenvalue weighted by molar-refractivity contribution is 5.95. The molecule has 2 rings (SSSR count). The van der Waals surface area contributed by atoms with Crippen LogP contribution in [0.15, 0.2) is 24.3 Å². The van der Waals surface area contributed by atoms with Gasteiger partial charge in [0.1, 0.15) is 0 Å². The summed E-state index contributed by atoms with van der Waals surface area (Å²) in [4.78, 5) is 27.3. The fourth-order valence-electron chi connectivity index (χ4n) is 3.09. The molecule has 0 heterocycles. The number of hydrogen-bond acceptors (Lipinski definition) is 3. The Morgan fingerprint density at radius 1 is 1.00 bits per heavy atom. The van der Waals surface area contributed by atoms with E-state index in [2.05, 4.69) is 11.9 Å². The molecule has 23 heavy (non-hydrogen) atoms. The average molecular weight is 318 g/mol. The minimum absolute atomic E-state index is 0.0704. The smallest absolute Gasteiger partial charge is 0.335 e. The molecule has 1 aliphatic carbocycles. The summed E-state index contributed by atoms with van der Waals surface area (Å²) in [5, 5.41) is 8.89. The molecular formula is C18H26N2O3. The summed E-state index contributed by atoms with van der Waals surface area (Å²) in [5.41, 5.74) is 0.721. The zero-order valence-corrected chi connectivity index (χ0v) is 14.0. The summed E-state index contributed by atoms with van der Waals surface area (Å²) in [7, 11) is 3.93. The van der Waals surface area contributed by atoms with Gasteiger partial charge in [-0.1, -0.05) is 19.3 Å². The van der Waals surface area contributed by atoms with E-state index in [1.807, 2.05) is 0 Å². The summed E-state index contributed by atoms with van der Waals surface area (Å²) in [6.45, 7) is 1.53. The number of carbonyl (C=O) groups is 2. The summed E-state index contributed by atoms with van der Waals surface area (Å²) in [5.74, 6) is -1.05. The van der Waals surface area contributed by atoms with Crippen molar-refractivity contribution in [3.05, 3.63) is 35.4 Å². The largest absolute Gasteiger partial charge is 0.478 e. The molecule has 0 saturated heterocycles. The lowest BCUT2D eigenvalue weighted by Crippen LogP contribution is -2.40. The van der Waals surface area contributed by atoms with Crippen molar-refractivity contribution in [2.24, 2.45) is 0 Å². The van der Waals surface area contributed by atoms with Crippen LogP contribution in [0.5, 0.6) is 0 Å². The van der Waals surface area contributed by atoms with Gasteiger partial charge in [0.25, 0.3) is 5.91 Å². The Morgan fingerprint density at radius 2 is 1.57 bits per heavy atom. The van der Waals surface area contributed by atoms with Gasteiger partial charge < -0.3 is 14.9 Å². The van der Waals surface area contributed by atoms with E-state index in [4.69, 9.17) is 5.11 Å². The number of rotatable bonds is 6. The minimum Gasteiger partial charge on any atom is -0.478 e. The van der Waals surface area contributed by atoms with E-state index in [-0.39, 0.29) is 11.5 Å². The summed E-state index contributed by atoms with van der Waals surface area (Å²) < 4.78 is 0. The second-order valence-electron chi connectivity index (χ2n) is 6.38. The number of carboxylic acid groups (broad SMARTS) is 1. The Kier molecular flexibility index (Phi) is 6.16. The first kappa shape index (κ1) is 17.5. The number of nitrogens with zero attached hydrogens (tertiary/aromatic N) is 2. The number of carbonyl (C=O) groups excluding carboxylic acids is 1. The maximum Gasteiger partial charge on any atom is 0.335 e. The van der Waals surface area contributed by atoms with Crippen molar-refractivity contribution in [2.75, 3.05) is 27.2 Å². The van der Waals surface area contributed by atoms with Gasteiger partial charge in [-0.3, -0.25) is 4.79 Å². The Bertz CT molecular complexity index is 536. The Morgan fingerprint density at radius 3 is 2.13 bits per heavy atom. The van der Waals surface area contributed by atoms with Crippen molar-refractivity contribution in [1.82, 2.24) is 9.80 Å². The first-order chi connectivity index (χ1) is 11.0. The van der Waals surface area contributed by atoms with Crippen molar-refractivity contribution in [2.45, 2.75) is 38.1 Å². The first-order valence-electron chi connectivity index (χ1n) is 8.28. The highest BCUT2D eigenvalue weighted by atomic mass is 16.4. The Hall–Kier alpha value is -1.88.